The molecular weight excluding hydrogens is 274 g/mol. The summed E-state index contributed by atoms with van der Waals surface area (Å²) >= 11 is 0.893. The van der Waals surface area contributed by atoms with E-state index in [9.17, 15) is 19.2 Å². The highest BCUT2D eigenvalue weighted by Gasteiger charge is 2.24. The van der Waals surface area contributed by atoms with Gasteiger partial charge in [-0.25, -0.2) is 0 Å². The number of primary amides is 1. The van der Waals surface area contributed by atoms with Crippen LogP contribution in [0.15, 0.2) is 0 Å². The van der Waals surface area contributed by atoms with Crippen LogP contribution in [0.25, 0.3) is 0 Å². The van der Waals surface area contributed by atoms with Gasteiger partial charge in [0.1, 0.15) is 11.0 Å². The van der Waals surface area contributed by atoms with E-state index in [1.165, 1.54) is 6.92 Å². The summed E-state index contributed by atoms with van der Waals surface area (Å²) in [7, 11) is 0. The molecule has 19 heavy (non-hydrogen) atoms. The van der Waals surface area contributed by atoms with Crippen molar-refractivity contribution < 1.29 is 29.4 Å². The Morgan fingerprint density at radius 3 is 2.16 bits per heavy atom. The lowest BCUT2D eigenvalue weighted by Gasteiger charge is -2.15. The van der Waals surface area contributed by atoms with Crippen molar-refractivity contribution in [2.75, 3.05) is 5.75 Å². The van der Waals surface area contributed by atoms with Crippen LogP contribution in [-0.2, 0) is 19.2 Å². The fourth-order valence-corrected chi connectivity index (χ4v) is 2.60. The molecule has 8 heteroatoms. The van der Waals surface area contributed by atoms with Crippen molar-refractivity contribution in [3.63, 3.8) is 0 Å². The second-order valence-corrected chi connectivity index (χ2v) is 5.31. The van der Waals surface area contributed by atoms with Crippen LogP contribution in [0.2, 0.25) is 0 Å². The number of thioether (sulfide) groups is 1. The number of ketones is 1. The van der Waals surface area contributed by atoms with E-state index in [4.69, 9.17) is 15.9 Å². The van der Waals surface area contributed by atoms with Crippen LogP contribution in [0.4, 0.5) is 0 Å². The van der Waals surface area contributed by atoms with Gasteiger partial charge in [0.15, 0.2) is 0 Å². The first-order valence-corrected chi connectivity index (χ1v) is 6.63. The fourth-order valence-electron chi connectivity index (χ4n) is 1.33. The van der Waals surface area contributed by atoms with Crippen molar-refractivity contribution in [1.82, 2.24) is 0 Å². The van der Waals surface area contributed by atoms with Gasteiger partial charge in [-0.1, -0.05) is 0 Å². The van der Waals surface area contributed by atoms with E-state index in [-0.39, 0.29) is 24.4 Å². The summed E-state index contributed by atoms with van der Waals surface area (Å²) in [5.74, 6) is -3.48. The second kappa shape index (κ2) is 8.52. The summed E-state index contributed by atoms with van der Waals surface area (Å²) in [5.41, 5.74) is 4.98. The maximum absolute atomic E-state index is 11.3. The summed E-state index contributed by atoms with van der Waals surface area (Å²) < 4.78 is 0. The molecule has 0 spiro atoms. The van der Waals surface area contributed by atoms with E-state index in [1.54, 1.807) is 0 Å². The lowest BCUT2D eigenvalue weighted by molar-refractivity contribution is -0.142. The van der Waals surface area contributed by atoms with Crippen LogP contribution in [-0.4, -0.2) is 44.8 Å². The molecule has 108 valence electrons. The van der Waals surface area contributed by atoms with E-state index in [0.717, 1.165) is 11.8 Å². The van der Waals surface area contributed by atoms with Gasteiger partial charge in [0.25, 0.3) is 0 Å². The number of carbonyl (C=O) groups excluding carboxylic acids is 2. The first kappa shape index (κ1) is 17.4. The molecule has 0 heterocycles. The molecule has 1 amide bonds. The smallest absolute Gasteiger partial charge is 0.317 e. The van der Waals surface area contributed by atoms with Gasteiger partial charge in [-0.2, -0.15) is 0 Å². The summed E-state index contributed by atoms with van der Waals surface area (Å²) in [5, 5.41) is 16.3. The molecule has 0 bridgehead atoms. The zero-order chi connectivity index (χ0) is 15.0. The number of nitrogens with two attached hydrogens (primary N) is 1. The highest BCUT2D eigenvalue weighted by molar-refractivity contribution is 8.00. The van der Waals surface area contributed by atoms with Crippen molar-refractivity contribution in [3.05, 3.63) is 0 Å². The van der Waals surface area contributed by atoms with Crippen LogP contribution < -0.4 is 5.73 Å². The molecule has 0 aliphatic rings. The predicted octanol–water partition coefficient (Wildman–Crippen LogP) is 0.118. The molecule has 0 aromatic rings. The van der Waals surface area contributed by atoms with Crippen LogP contribution in [0.1, 0.15) is 26.2 Å². The first-order valence-electron chi connectivity index (χ1n) is 5.59. The third kappa shape index (κ3) is 8.20. The standard InChI is InChI=1S/C11H17NO6S/c1-6(13)7(2-3-9(12)14)5-19-8(11(17)18)4-10(15)16/h7-8H,2-5H2,1H3,(H2,12,14)(H,15,16)(H,17,18). The molecule has 2 atom stereocenters. The number of carboxylic acid groups (broad SMARTS) is 2. The minimum absolute atomic E-state index is 0.0431. The van der Waals surface area contributed by atoms with E-state index >= 15 is 0 Å². The highest BCUT2D eigenvalue weighted by atomic mass is 32.2. The van der Waals surface area contributed by atoms with Gasteiger partial charge in [0, 0.05) is 18.1 Å². The number of amides is 1. The average Bonchev–Trinajstić information content (AvgIpc) is 2.25. The molecule has 0 aliphatic carbocycles. The first-order chi connectivity index (χ1) is 8.73. The van der Waals surface area contributed by atoms with Crippen LogP contribution >= 0.6 is 11.8 Å². The Kier molecular flexibility index (Phi) is 7.81. The molecule has 7 nitrogen and oxygen atoms in total. The number of aliphatic carboxylic acids is 2. The Labute approximate surface area is 114 Å². The molecule has 0 rings (SSSR count). The van der Waals surface area contributed by atoms with Crippen LogP contribution in [0, 0.1) is 5.92 Å². The number of carboxylic acids is 2. The lowest BCUT2D eigenvalue weighted by Crippen LogP contribution is -2.24. The molecule has 0 saturated carbocycles. The third-order valence-electron chi connectivity index (χ3n) is 2.45. The number of carbonyl (C=O) groups is 4. The summed E-state index contributed by atoms with van der Waals surface area (Å²) in [4.78, 5) is 43.3. The number of Topliss-reactive ketones (excluding diaryl/α,β-unsaturated/α-hetero) is 1. The summed E-state index contributed by atoms with van der Waals surface area (Å²) in [6.07, 6.45) is -0.223. The van der Waals surface area contributed by atoms with Crippen molar-refractivity contribution >= 4 is 35.4 Å². The van der Waals surface area contributed by atoms with E-state index in [2.05, 4.69) is 0 Å². The number of hydrogen-bond donors (Lipinski definition) is 3. The van der Waals surface area contributed by atoms with Gasteiger partial charge in [0.2, 0.25) is 5.91 Å². The van der Waals surface area contributed by atoms with E-state index in [1.807, 2.05) is 0 Å². The molecule has 0 aliphatic heterocycles. The monoisotopic (exact) mass is 291 g/mol. The largest absolute Gasteiger partial charge is 0.481 e. The summed E-state index contributed by atoms with van der Waals surface area (Å²) in [6, 6.07) is 0. The normalized spacial score (nSPS) is 13.5. The van der Waals surface area contributed by atoms with Crippen LogP contribution in [0.5, 0.6) is 0 Å². The zero-order valence-corrected chi connectivity index (χ0v) is 11.3. The van der Waals surface area contributed by atoms with Crippen LogP contribution in [0.3, 0.4) is 0 Å². The Morgan fingerprint density at radius 1 is 1.21 bits per heavy atom. The molecule has 2 unspecified atom stereocenters. The van der Waals surface area contributed by atoms with Crippen molar-refractivity contribution in [2.24, 2.45) is 11.7 Å². The van der Waals surface area contributed by atoms with Gasteiger partial charge in [-0.05, 0) is 13.3 Å². The number of rotatable bonds is 10. The van der Waals surface area contributed by atoms with Gasteiger partial charge in [-0.3, -0.25) is 19.2 Å². The Hall–Kier alpha value is -1.57. The minimum Gasteiger partial charge on any atom is -0.481 e. The van der Waals surface area contributed by atoms with E-state index in [0.29, 0.717) is 0 Å². The number of hydrogen-bond acceptors (Lipinski definition) is 5. The maximum atomic E-state index is 11.3. The maximum Gasteiger partial charge on any atom is 0.317 e. The molecule has 0 radical (unpaired) electrons. The van der Waals surface area contributed by atoms with Crippen molar-refractivity contribution in [3.8, 4) is 0 Å². The Morgan fingerprint density at radius 2 is 1.79 bits per heavy atom. The predicted molar refractivity (Wildman–Crippen MR) is 68.7 cm³/mol. The second-order valence-electron chi connectivity index (χ2n) is 4.07. The van der Waals surface area contributed by atoms with Gasteiger partial charge in [0.05, 0.1) is 6.42 Å². The van der Waals surface area contributed by atoms with Gasteiger partial charge < -0.3 is 15.9 Å². The van der Waals surface area contributed by atoms with Crippen molar-refractivity contribution in [2.45, 2.75) is 31.4 Å². The highest BCUT2D eigenvalue weighted by Crippen LogP contribution is 2.22. The molecule has 0 fully saturated rings. The van der Waals surface area contributed by atoms with Crippen molar-refractivity contribution in [1.29, 1.82) is 0 Å². The lowest BCUT2D eigenvalue weighted by atomic mass is 10.0. The minimum atomic E-state index is -1.23. The topological polar surface area (TPSA) is 135 Å². The average molecular weight is 291 g/mol. The molecule has 0 aromatic heterocycles. The Balaban J connectivity index is 4.41. The quantitative estimate of drug-likeness (QED) is 0.520. The molecular formula is C11H17NO6S. The molecule has 0 aromatic carbocycles. The Bertz CT molecular complexity index is 370. The fraction of sp³-hybridized carbons (Fsp3) is 0.636. The zero-order valence-electron chi connectivity index (χ0n) is 10.5. The third-order valence-corrected chi connectivity index (χ3v) is 3.81. The SMILES string of the molecule is CC(=O)C(CCC(N)=O)CSC(CC(=O)O)C(=O)O. The van der Waals surface area contributed by atoms with Gasteiger partial charge >= 0.3 is 11.9 Å². The molecule has 0 saturated heterocycles. The summed E-state index contributed by atoms with van der Waals surface area (Å²) in [6.45, 7) is 1.35. The van der Waals surface area contributed by atoms with E-state index < -0.39 is 35.4 Å². The molecule has 4 N–H and O–H groups in total. The van der Waals surface area contributed by atoms with Gasteiger partial charge in [-0.15, -0.1) is 11.8 Å².